The largest absolute Gasteiger partial charge is 0.345 e. The molecule has 0 radical (unpaired) electrons. The lowest BCUT2D eigenvalue weighted by Crippen LogP contribution is -2.39. The second-order valence-electron chi connectivity index (χ2n) is 4.81. The molecule has 0 spiro atoms. The van der Waals surface area contributed by atoms with Gasteiger partial charge in [0.25, 0.3) is 5.91 Å². The van der Waals surface area contributed by atoms with Crippen molar-refractivity contribution in [3.63, 3.8) is 0 Å². The molecule has 2 amide bonds. The van der Waals surface area contributed by atoms with Crippen LogP contribution in [0, 0.1) is 0 Å². The maximum absolute atomic E-state index is 12.2. The second-order valence-corrected chi connectivity index (χ2v) is 6.04. The monoisotopic (exact) mass is 276 g/mol. The van der Waals surface area contributed by atoms with Crippen molar-refractivity contribution >= 4 is 23.6 Å². The van der Waals surface area contributed by atoms with Gasteiger partial charge < -0.3 is 10.2 Å². The first kappa shape index (κ1) is 12.5. The van der Waals surface area contributed by atoms with E-state index in [-0.39, 0.29) is 17.9 Å². The first-order valence-electron chi connectivity index (χ1n) is 6.51. The summed E-state index contributed by atoms with van der Waals surface area (Å²) in [5, 5.41) is 2.90. The lowest BCUT2D eigenvalue weighted by Gasteiger charge is -2.27. The van der Waals surface area contributed by atoms with E-state index in [1.807, 2.05) is 40.9 Å². The van der Waals surface area contributed by atoms with Crippen molar-refractivity contribution in [2.45, 2.75) is 12.5 Å². The van der Waals surface area contributed by atoms with Gasteiger partial charge in [-0.25, -0.2) is 0 Å². The van der Waals surface area contributed by atoms with E-state index in [0.717, 1.165) is 30.2 Å². The molecule has 1 saturated heterocycles. The fourth-order valence-electron chi connectivity index (χ4n) is 2.60. The molecule has 0 aromatic heterocycles. The quantitative estimate of drug-likeness (QED) is 0.889. The highest BCUT2D eigenvalue weighted by molar-refractivity contribution is 7.99. The first-order chi connectivity index (χ1) is 9.25. The molecule has 0 bridgehead atoms. The summed E-state index contributed by atoms with van der Waals surface area (Å²) in [6.07, 6.45) is 0.368. The highest BCUT2D eigenvalue weighted by Gasteiger charge is 2.31. The zero-order valence-corrected chi connectivity index (χ0v) is 11.4. The first-order valence-corrected chi connectivity index (χ1v) is 7.66. The Morgan fingerprint density at radius 1 is 1.32 bits per heavy atom. The van der Waals surface area contributed by atoms with E-state index in [1.54, 1.807) is 0 Å². The van der Waals surface area contributed by atoms with Crippen molar-refractivity contribution in [1.29, 1.82) is 0 Å². The third kappa shape index (κ3) is 2.47. The number of hydrogen-bond donors (Lipinski definition) is 1. The topological polar surface area (TPSA) is 49.4 Å². The number of carbonyl (C=O) groups is 2. The molecule has 2 heterocycles. The molecule has 1 N–H and O–H groups in total. The minimum absolute atomic E-state index is 0.0670. The van der Waals surface area contributed by atoms with Crippen molar-refractivity contribution in [3.05, 3.63) is 35.4 Å². The number of nitrogens with zero attached hydrogens (tertiary/aromatic N) is 1. The molecule has 0 aliphatic carbocycles. The predicted molar refractivity (Wildman–Crippen MR) is 75.2 cm³/mol. The molecular formula is C14H16N2O2S. The van der Waals surface area contributed by atoms with Gasteiger partial charge in [0, 0.05) is 30.2 Å². The van der Waals surface area contributed by atoms with E-state index in [2.05, 4.69) is 5.32 Å². The average Bonchev–Trinajstić information content (AvgIpc) is 2.77. The number of amides is 2. The van der Waals surface area contributed by atoms with Crippen molar-refractivity contribution in [3.8, 4) is 0 Å². The van der Waals surface area contributed by atoms with E-state index in [4.69, 9.17) is 0 Å². The van der Waals surface area contributed by atoms with Crippen LogP contribution in [0.25, 0.3) is 0 Å². The van der Waals surface area contributed by atoms with Crippen LogP contribution >= 0.6 is 11.8 Å². The summed E-state index contributed by atoms with van der Waals surface area (Å²) in [5.41, 5.74) is 1.65. The zero-order valence-electron chi connectivity index (χ0n) is 10.6. The highest BCUT2D eigenvalue weighted by atomic mass is 32.2. The summed E-state index contributed by atoms with van der Waals surface area (Å²) >= 11 is 1.88. The van der Waals surface area contributed by atoms with E-state index < -0.39 is 0 Å². The van der Waals surface area contributed by atoms with Crippen molar-refractivity contribution in [2.75, 3.05) is 24.6 Å². The number of benzene rings is 1. The molecule has 2 aliphatic heterocycles. The molecule has 0 unspecified atom stereocenters. The van der Waals surface area contributed by atoms with E-state index >= 15 is 0 Å². The smallest absolute Gasteiger partial charge is 0.252 e. The van der Waals surface area contributed by atoms with Crippen LogP contribution in [0.3, 0.4) is 0 Å². The minimum atomic E-state index is -0.161. The zero-order chi connectivity index (χ0) is 13.2. The SMILES string of the molecule is O=C1N[C@@H](CC(=O)N2CCSCC2)c2ccccc21. The Labute approximate surface area is 116 Å². The fraction of sp³-hybridized carbons (Fsp3) is 0.429. The highest BCUT2D eigenvalue weighted by Crippen LogP contribution is 2.28. The maximum atomic E-state index is 12.2. The third-order valence-electron chi connectivity index (χ3n) is 3.63. The van der Waals surface area contributed by atoms with Gasteiger partial charge in [-0.05, 0) is 11.6 Å². The number of hydrogen-bond acceptors (Lipinski definition) is 3. The van der Waals surface area contributed by atoms with Crippen molar-refractivity contribution in [2.24, 2.45) is 0 Å². The van der Waals surface area contributed by atoms with Gasteiger partial charge in [-0.15, -0.1) is 0 Å². The van der Waals surface area contributed by atoms with Crippen LogP contribution in [-0.4, -0.2) is 41.3 Å². The van der Waals surface area contributed by atoms with Gasteiger partial charge in [0.2, 0.25) is 5.91 Å². The summed E-state index contributed by atoms with van der Waals surface area (Å²) in [6, 6.07) is 7.34. The Morgan fingerprint density at radius 2 is 2.05 bits per heavy atom. The van der Waals surface area contributed by atoms with Gasteiger partial charge in [-0.3, -0.25) is 9.59 Å². The van der Waals surface area contributed by atoms with E-state index in [9.17, 15) is 9.59 Å². The molecule has 100 valence electrons. The standard InChI is InChI=1S/C14H16N2O2S/c17-13(16-5-7-19-8-6-16)9-12-10-3-1-2-4-11(10)14(18)15-12/h1-4,12H,5-9H2,(H,15,18)/t12-/m0/s1. The molecule has 2 aliphatic rings. The molecular weight excluding hydrogens is 260 g/mol. The van der Waals surface area contributed by atoms with Crippen LogP contribution in [0.5, 0.6) is 0 Å². The summed E-state index contributed by atoms with van der Waals surface area (Å²) in [7, 11) is 0. The Hall–Kier alpha value is -1.49. The van der Waals surface area contributed by atoms with Gasteiger partial charge >= 0.3 is 0 Å². The Bertz CT molecular complexity index is 512. The van der Waals surface area contributed by atoms with Crippen molar-refractivity contribution < 1.29 is 9.59 Å². The Balaban J connectivity index is 1.71. The van der Waals surface area contributed by atoms with Crippen LogP contribution in [-0.2, 0) is 4.79 Å². The lowest BCUT2D eigenvalue weighted by atomic mass is 10.0. The van der Waals surface area contributed by atoms with Crippen LogP contribution in [0.1, 0.15) is 28.4 Å². The number of rotatable bonds is 2. The normalized spacial score (nSPS) is 22.0. The fourth-order valence-corrected chi connectivity index (χ4v) is 3.50. The molecule has 0 saturated carbocycles. The van der Waals surface area contributed by atoms with E-state index in [0.29, 0.717) is 12.0 Å². The Kier molecular flexibility index (Phi) is 3.46. The average molecular weight is 276 g/mol. The molecule has 4 nitrogen and oxygen atoms in total. The van der Waals surface area contributed by atoms with E-state index in [1.165, 1.54) is 0 Å². The van der Waals surface area contributed by atoms with Crippen LogP contribution in [0.15, 0.2) is 24.3 Å². The molecule has 1 atom stereocenters. The number of thioether (sulfide) groups is 1. The lowest BCUT2D eigenvalue weighted by molar-refractivity contribution is -0.131. The minimum Gasteiger partial charge on any atom is -0.345 e. The molecule has 1 aromatic rings. The molecule has 1 fully saturated rings. The summed E-state index contributed by atoms with van der Waals surface area (Å²) in [5.74, 6) is 2.10. The Morgan fingerprint density at radius 3 is 2.84 bits per heavy atom. The van der Waals surface area contributed by atoms with Gasteiger partial charge in [0.15, 0.2) is 0 Å². The summed E-state index contributed by atoms with van der Waals surface area (Å²) in [4.78, 5) is 25.9. The summed E-state index contributed by atoms with van der Waals surface area (Å²) < 4.78 is 0. The van der Waals surface area contributed by atoms with Gasteiger partial charge in [-0.2, -0.15) is 11.8 Å². The number of fused-ring (bicyclic) bond motifs is 1. The maximum Gasteiger partial charge on any atom is 0.252 e. The molecule has 5 heteroatoms. The van der Waals surface area contributed by atoms with Gasteiger partial charge in [0.05, 0.1) is 12.5 Å². The molecule has 3 rings (SSSR count). The molecule has 19 heavy (non-hydrogen) atoms. The predicted octanol–water partition coefficient (Wildman–Crippen LogP) is 1.44. The molecule has 1 aromatic carbocycles. The van der Waals surface area contributed by atoms with Gasteiger partial charge in [0.1, 0.15) is 0 Å². The third-order valence-corrected chi connectivity index (χ3v) is 4.57. The summed E-state index contributed by atoms with van der Waals surface area (Å²) in [6.45, 7) is 1.65. The van der Waals surface area contributed by atoms with Crippen molar-refractivity contribution in [1.82, 2.24) is 10.2 Å². The van der Waals surface area contributed by atoms with Gasteiger partial charge in [-0.1, -0.05) is 18.2 Å². The number of carbonyl (C=O) groups excluding carboxylic acids is 2. The van der Waals surface area contributed by atoms with Crippen LogP contribution in [0.4, 0.5) is 0 Å². The number of nitrogens with one attached hydrogen (secondary N) is 1. The van der Waals surface area contributed by atoms with Crippen LogP contribution < -0.4 is 5.32 Å². The van der Waals surface area contributed by atoms with Crippen LogP contribution in [0.2, 0.25) is 0 Å². The second kappa shape index (κ2) is 5.25.